The van der Waals surface area contributed by atoms with Crippen molar-refractivity contribution in [3.05, 3.63) is 35.6 Å². The molecule has 5 nitrogen and oxygen atoms in total. The van der Waals surface area contributed by atoms with Crippen LogP contribution in [0.3, 0.4) is 0 Å². The second-order valence-electron chi connectivity index (χ2n) is 6.82. The minimum Gasteiger partial charge on any atom is -0.377 e. The van der Waals surface area contributed by atoms with Gasteiger partial charge in [-0.2, -0.15) is 0 Å². The van der Waals surface area contributed by atoms with Crippen LogP contribution in [0.2, 0.25) is 0 Å². The Labute approximate surface area is 141 Å². The zero-order valence-corrected chi connectivity index (χ0v) is 13.7. The maximum absolute atomic E-state index is 13.1. The van der Waals surface area contributed by atoms with Crippen molar-refractivity contribution in [2.45, 2.75) is 31.1 Å². The van der Waals surface area contributed by atoms with Gasteiger partial charge in [0.15, 0.2) is 0 Å². The van der Waals surface area contributed by atoms with E-state index in [9.17, 15) is 9.18 Å². The van der Waals surface area contributed by atoms with Gasteiger partial charge >= 0.3 is 0 Å². The molecule has 130 valence electrons. The summed E-state index contributed by atoms with van der Waals surface area (Å²) in [5.74, 6) is -0.377. The fourth-order valence-corrected chi connectivity index (χ4v) is 3.98. The van der Waals surface area contributed by atoms with Crippen molar-refractivity contribution < 1.29 is 18.7 Å². The molecule has 6 heteroatoms. The predicted octanol–water partition coefficient (Wildman–Crippen LogP) is 1.53. The van der Waals surface area contributed by atoms with Crippen molar-refractivity contribution in [2.75, 3.05) is 39.4 Å². The highest BCUT2D eigenvalue weighted by Gasteiger charge is 2.42. The third-order valence-corrected chi connectivity index (χ3v) is 5.26. The third kappa shape index (κ3) is 3.18. The molecule has 0 spiro atoms. The summed E-state index contributed by atoms with van der Waals surface area (Å²) in [6.45, 7) is 4.63. The van der Waals surface area contributed by atoms with Gasteiger partial charge in [-0.25, -0.2) is 4.39 Å². The topological polar surface area (TPSA) is 42.0 Å². The van der Waals surface area contributed by atoms with Gasteiger partial charge in [-0.05, 0) is 37.1 Å². The lowest BCUT2D eigenvalue weighted by Gasteiger charge is -2.37. The Morgan fingerprint density at radius 1 is 1.17 bits per heavy atom. The fraction of sp³-hybridized carbons (Fsp3) is 0.611. The first-order valence-electron chi connectivity index (χ1n) is 8.73. The van der Waals surface area contributed by atoms with E-state index in [-0.39, 0.29) is 23.9 Å². The molecule has 1 aromatic carbocycles. The lowest BCUT2D eigenvalue weighted by atomic mass is 10.1. The minimum absolute atomic E-state index is 0.0509. The molecule has 24 heavy (non-hydrogen) atoms. The van der Waals surface area contributed by atoms with E-state index in [2.05, 4.69) is 4.90 Å². The van der Waals surface area contributed by atoms with E-state index in [1.807, 2.05) is 4.90 Å². The van der Waals surface area contributed by atoms with Crippen molar-refractivity contribution in [2.24, 2.45) is 0 Å². The molecule has 0 radical (unpaired) electrons. The van der Waals surface area contributed by atoms with Gasteiger partial charge in [0.2, 0.25) is 0 Å². The second kappa shape index (κ2) is 6.78. The largest absolute Gasteiger partial charge is 0.377 e. The number of benzene rings is 1. The van der Waals surface area contributed by atoms with E-state index in [4.69, 9.17) is 9.47 Å². The number of nitrogens with zero attached hydrogens (tertiary/aromatic N) is 2. The predicted molar refractivity (Wildman–Crippen MR) is 86.4 cm³/mol. The van der Waals surface area contributed by atoms with Crippen molar-refractivity contribution in [3.63, 3.8) is 0 Å². The Bertz CT molecular complexity index is 588. The number of carbonyl (C=O) groups is 1. The van der Waals surface area contributed by atoms with Gasteiger partial charge in [0, 0.05) is 38.3 Å². The van der Waals surface area contributed by atoms with E-state index in [0.29, 0.717) is 31.4 Å². The van der Waals surface area contributed by atoms with Gasteiger partial charge in [-0.15, -0.1) is 0 Å². The molecule has 0 aromatic heterocycles. The highest BCUT2D eigenvalue weighted by atomic mass is 19.1. The van der Waals surface area contributed by atoms with Crippen LogP contribution in [0.15, 0.2) is 24.3 Å². The summed E-state index contributed by atoms with van der Waals surface area (Å²) < 4.78 is 24.7. The molecule has 0 unspecified atom stereocenters. The molecule has 3 fully saturated rings. The quantitative estimate of drug-likeness (QED) is 0.841. The van der Waals surface area contributed by atoms with Crippen molar-refractivity contribution in [3.8, 4) is 0 Å². The lowest BCUT2D eigenvalue weighted by molar-refractivity contribution is -0.0614. The monoisotopic (exact) mass is 334 g/mol. The number of morpholine rings is 1. The van der Waals surface area contributed by atoms with E-state index in [1.54, 1.807) is 12.1 Å². The zero-order valence-electron chi connectivity index (χ0n) is 13.7. The number of likely N-dealkylation sites (tertiary alicyclic amines) is 1. The van der Waals surface area contributed by atoms with Crippen molar-refractivity contribution in [1.82, 2.24) is 9.80 Å². The standard InChI is InChI=1S/C18H23FN2O3/c19-14-5-3-13(4-6-14)18(22)21-11-16-17(12-21)24-9-7-20(16)10-15-2-1-8-23-15/h3-6,15-17H,1-2,7-12H2/t15-,16+,17-/m0/s1. The van der Waals surface area contributed by atoms with Crippen LogP contribution < -0.4 is 0 Å². The second-order valence-corrected chi connectivity index (χ2v) is 6.82. The first kappa shape index (κ1) is 16.0. The van der Waals surface area contributed by atoms with Gasteiger partial charge in [-0.1, -0.05) is 0 Å². The van der Waals surface area contributed by atoms with Crippen LogP contribution in [0.5, 0.6) is 0 Å². The number of halogens is 1. The molecule has 0 aliphatic carbocycles. The van der Waals surface area contributed by atoms with E-state index in [1.165, 1.54) is 12.1 Å². The molecule has 0 saturated carbocycles. The molecule has 3 aliphatic heterocycles. The molecule has 0 N–H and O–H groups in total. The average molecular weight is 334 g/mol. The summed E-state index contributed by atoms with van der Waals surface area (Å²) in [7, 11) is 0. The summed E-state index contributed by atoms with van der Waals surface area (Å²) >= 11 is 0. The highest BCUT2D eigenvalue weighted by molar-refractivity contribution is 5.94. The highest BCUT2D eigenvalue weighted by Crippen LogP contribution is 2.26. The summed E-state index contributed by atoms with van der Waals surface area (Å²) in [6, 6.07) is 5.98. The Hall–Kier alpha value is -1.50. The molecule has 3 atom stereocenters. The molecular formula is C18H23FN2O3. The average Bonchev–Trinajstić information content (AvgIpc) is 3.24. The Morgan fingerprint density at radius 3 is 2.75 bits per heavy atom. The summed E-state index contributed by atoms with van der Waals surface area (Å²) in [4.78, 5) is 16.9. The maximum atomic E-state index is 13.1. The summed E-state index contributed by atoms with van der Waals surface area (Å²) in [5, 5.41) is 0. The van der Waals surface area contributed by atoms with Gasteiger partial charge in [-0.3, -0.25) is 9.69 Å². The number of ether oxygens (including phenoxy) is 2. The van der Waals surface area contributed by atoms with Gasteiger partial charge < -0.3 is 14.4 Å². The normalized spacial score (nSPS) is 30.5. The van der Waals surface area contributed by atoms with Crippen LogP contribution in [0.25, 0.3) is 0 Å². The number of amides is 1. The fourth-order valence-electron chi connectivity index (χ4n) is 3.98. The Balaban J connectivity index is 1.43. The number of carbonyl (C=O) groups excluding carboxylic acids is 1. The molecule has 1 aromatic rings. The number of hydrogen-bond acceptors (Lipinski definition) is 4. The van der Waals surface area contributed by atoms with Gasteiger partial charge in [0.1, 0.15) is 5.82 Å². The molecule has 3 heterocycles. The molecule has 0 bridgehead atoms. The van der Waals surface area contributed by atoms with Crippen LogP contribution in [0.1, 0.15) is 23.2 Å². The zero-order chi connectivity index (χ0) is 16.5. The SMILES string of the molecule is O=C(c1ccc(F)cc1)N1C[C@@H]2OCCN(C[C@@H]3CCCO3)[C@@H]2C1. The molecule has 3 saturated heterocycles. The third-order valence-electron chi connectivity index (χ3n) is 5.26. The minimum atomic E-state index is -0.326. The van der Waals surface area contributed by atoms with Crippen LogP contribution in [0.4, 0.5) is 4.39 Å². The first-order chi connectivity index (χ1) is 11.7. The smallest absolute Gasteiger partial charge is 0.254 e. The summed E-state index contributed by atoms with van der Waals surface area (Å²) in [5.41, 5.74) is 0.528. The molecular weight excluding hydrogens is 311 g/mol. The van der Waals surface area contributed by atoms with E-state index in [0.717, 1.165) is 32.5 Å². The van der Waals surface area contributed by atoms with Crippen LogP contribution in [-0.2, 0) is 9.47 Å². The van der Waals surface area contributed by atoms with E-state index < -0.39 is 0 Å². The maximum Gasteiger partial charge on any atom is 0.254 e. The van der Waals surface area contributed by atoms with E-state index >= 15 is 0 Å². The summed E-state index contributed by atoms with van der Waals surface area (Å²) in [6.07, 6.45) is 2.63. The van der Waals surface area contributed by atoms with Crippen LogP contribution in [0, 0.1) is 5.82 Å². The van der Waals surface area contributed by atoms with Crippen molar-refractivity contribution >= 4 is 5.91 Å². The molecule has 1 amide bonds. The lowest BCUT2D eigenvalue weighted by Crippen LogP contribution is -2.52. The van der Waals surface area contributed by atoms with Crippen LogP contribution >= 0.6 is 0 Å². The molecule has 3 aliphatic rings. The van der Waals surface area contributed by atoms with Gasteiger partial charge in [0.05, 0.1) is 24.9 Å². The van der Waals surface area contributed by atoms with Crippen LogP contribution in [-0.4, -0.2) is 73.3 Å². The van der Waals surface area contributed by atoms with Gasteiger partial charge in [0.25, 0.3) is 5.91 Å². The Kier molecular flexibility index (Phi) is 4.52. The Morgan fingerprint density at radius 2 is 2.00 bits per heavy atom. The molecule has 4 rings (SSSR count). The number of hydrogen-bond donors (Lipinski definition) is 0. The van der Waals surface area contributed by atoms with Crippen molar-refractivity contribution in [1.29, 1.82) is 0 Å². The number of fused-ring (bicyclic) bond motifs is 1. The first-order valence-corrected chi connectivity index (χ1v) is 8.73. The number of rotatable bonds is 3.